The Kier molecular flexibility index (Phi) is 1.26. The quantitative estimate of drug-likeness (QED) is 0.316. The second kappa shape index (κ2) is 1.84. The summed E-state index contributed by atoms with van der Waals surface area (Å²) in [4.78, 5) is 2.56. The van der Waals surface area contributed by atoms with E-state index in [0.717, 1.165) is 12.1 Å². The Morgan fingerprint density at radius 3 is 2.25 bits per heavy atom. The van der Waals surface area contributed by atoms with Crippen LogP contribution in [-0.2, 0) is 0 Å². The molecule has 3 rings (SSSR count). The zero-order valence-corrected chi connectivity index (χ0v) is 7.26. The first-order valence-electron chi connectivity index (χ1n) is 3.13. The average Bonchev–Trinajstić information content (AvgIpc) is 1.89. The first-order valence-corrected chi connectivity index (χ1v) is 6.18. The van der Waals surface area contributed by atoms with Gasteiger partial charge >= 0.3 is 60.5 Å². The van der Waals surface area contributed by atoms with Crippen LogP contribution < -0.4 is 21.2 Å². The number of alkyl halides is 2. The van der Waals surface area contributed by atoms with Crippen molar-refractivity contribution in [2.24, 2.45) is 0 Å². The van der Waals surface area contributed by atoms with Crippen molar-refractivity contribution in [1.29, 1.82) is 0 Å². The molecule has 2 unspecified atom stereocenters. The van der Waals surface area contributed by atoms with Gasteiger partial charge in [-0.1, -0.05) is 0 Å². The van der Waals surface area contributed by atoms with Crippen LogP contribution in [0.25, 0.3) is 0 Å². The topological polar surface area (TPSA) is 3.24 Å². The molecule has 3 heterocycles. The Labute approximate surface area is 60.7 Å². The van der Waals surface area contributed by atoms with Gasteiger partial charge in [0.25, 0.3) is 0 Å². The van der Waals surface area contributed by atoms with E-state index in [0.29, 0.717) is 21.2 Å². The molecule has 0 aliphatic carbocycles. The van der Waals surface area contributed by atoms with E-state index in [1.807, 2.05) is 0 Å². The van der Waals surface area contributed by atoms with Crippen LogP contribution in [0.1, 0.15) is 6.42 Å². The van der Waals surface area contributed by atoms with Crippen molar-refractivity contribution in [1.82, 2.24) is 4.90 Å². The Morgan fingerprint density at radius 1 is 1.38 bits per heavy atom. The van der Waals surface area contributed by atoms with Crippen LogP contribution in [-0.4, -0.2) is 32.9 Å². The maximum absolute atomic E-state index is 2.56. The minimum absolute atomic E-state index is 0.655. The Balaban J connectivity index is 2.03. The van der Waals surface area contributed by atoms with E-state index in [2.05, 4.69) is 11.9 Å². The molecule has 2 heteroatoms. The molecule has 1 nitrogen and oxygen atoms in total. The summed E-state index contributed by atoms with van der Waals surface area (Å²) >= 11 is 0.655. The third-order valence-corrected chi connectivity index (χ3v) is 5.55. The fraction of sp³-hybridized carbons (Fsp3) is 1.00. The van der Waals surface area contributed by atoms with Crippen LogP contribution in [0.2, 0.25) is 0 Å². The van der Waals surface area contributed by atoms with Gasteiger partial charge in [-0.25, -0.2) is 0 Å². The van der Waals surface area contributed by atoms with Crippen molar-refractivity contribution in [3.05, 3.63) is 0 Å². The van der Waals surface area contributed by atoms with Gasteiger partial charge in [0.1, 0.15) is 0 Å². The number of hydrogen-bond acceptors (Lipinski definition) is 1. The van der Waals surface area contributed by atoms with Gasteiger partial charge in [-0.15, -0.1) is 0 Å². The fourth-order valence-electron chi connectivity index (χ4n) is 1.47. The van der Waals surface area contributed by atoms with Crippen LogP contribution in [0.4, 0.5) is 0 Å². The van der Waals surface area contributed by atoms with Crippen LogP contribution in [0.15, 0.2) is 0 Å². The first kappa shape index (κ1) is 5.47. The molecule has 3 aliphatic rings. The normalized spacial score (nSPS) is 47.1. The molecule has 3 aliphatic heterocycles. The van der Waals surface area contributed by atoms with Crippen LogP contribution in [0.3, 0.4) is 0 Å². The second-order valence-corrected chi connectivity index (χ2v) is 5.55. The Morgan fingerprint density at radius 2 is 2.00 bits per heavy atom. The van der Waals surface area contributed by atoms with Crippen LogP contribution >= 0.6 is 0 Å². The molecule has 0 N–H and O–H groups in total. The van der Waals surface area contributed by atoms with Gasteiger partial charge < -0.3 is 0 Å². The van der Waals surface area contributed by atoms with Crippen molar-refractivity contribution < 1.29 is 21.2 Å². The van der Waals surface area contributed by atoms with Gasteiger partial charge in [0, 0.05) is 0 Å². The van der Waals surface area contributed by atoms with E-state index < -0.39 is 0 Å². The number of rotatable bonds is 0. The zero-order valence-electron chi connectivity index (χ0n) is 5.10. The maximum atomic E-state index is 2.56. The number of fused-ring (bicyclic) bond motifs is 2. The summed E-state index contributed by atoms with van der Waals surface area (Å²) in [6, 6.07) is 2.06. The number of halogens is 1. The molecule has 48 valence electrons. The molecule has 0 saturated carbocycles. The van der Waals surface area contributed by atoms with E-state index in [4.69, 9.17) is 0 Å². The summed E-state index contributed by atoms with van der Waals surface area (Å²) in [5.74, 6) is 0. The molecule has 0 aromatic rings. The molecule has 2 bridgehead atoms. The third-order valence-electron chi connectivity index (χ3n) is 2.27. The average molecular weight is 224 g/mol. The molecule has 8 heavy (non-hydrogen) atoms. The number of hydrogen-bond donors (Lipinski definition) is 0. The van der Waals surface area contributed by atoms with Crippen molar-refractivity contribution in [2.45, 2.75) is 18.5 Å². The van der Waals surface area contributed by atoms with E-state index in [1.54, 1.807) is 8.86 Å². The predicted octanol–water partition coefficient (Wildman–Crippen LogP) is -2.84. The Hall–Kier alpha value is 0.690. The molecular weight excluding hydrogens is 213 g/mol. The summed E-state index contributed by atoms with van der Waals surface area (Å²) in [6.07, 6.45) is 1.52. The summed E-state index contributed by atoms with van der Waals surface area (Å²) in [6.45, 7) is 0. The molecule has 0 radical (unpaired) electrons. The molecule has 3 fully saturated rings. The van der Waals surface area contributed by atoms with Crippen molar-refractivity contribution in [2.75, 3.05) is 15.9 Å². The third kappa shape index (κ3) is 0.620. The summed E-state index contributed by atoms with van der Waals surface area (Å²) in [7, 11) is 2.28. The van der Waals surface area contributed by atoms with E-state index in [1.165, 1.54) is 6.42 Å². The second-order valence-electron chi connectivity index (χ2n) is 2.71. The van der Waals surface area contributed by atoms with Gasteiger partial charge in [0.05, 0.1) is 0 Å². The minimum atomic E-state index is 0.655. The summed E-state index contributed by atoms with van der Waals surface area (Å²) < 4.78 is 3.15. The van der Waals surface area contributed by atoms with Crippen LogP contribution in [0, 0.1) is 0 Å². The SMILES string of the molecule is CN1C2C[I-]CC1C2. The molecule has 0 amide bonds. The summed E-state index contributed by atoms with van der Waals surface area (Å²) in [5, 5.41) is 0. The van der Waals surface area contributed by atoms with E-state index in [-0.39, 0.29) is 0 Å². The zero-order chi connectivity index (χ0) is 5.56. The van der Waals surface area contributed by atoms with Crippen LogP contribution in [0.5, 0.6) is 0 Å². The molecule has 2 atom stereocenters. The molecule has 0 aromatic heterocycles. The standard InChI is InChI=1S/C6H11IN/c1-8-5-2-6(8)4-7-3-5/h5-6H,2-4H2,1H3/q-1. The fourth-order valence-corrected chi connectivity index (χ4v) is 5.22. The van der Waals surface area contributed by atoms with Gasteiger partial charge in [-0.2, -0.15) is 0 Å². The summed E-state index contributed by atoms with van der Waals surface area (Å²) in [5.41, 5.74) is 0. The van der Waals surface area contributed by atoms with Crippen molar-refractivity contribution >= 4 is 0 Å². The molecular formula is C6H11IN-. The van der Waals surface area contributed by atoms with Gasteiger partial charge in [-0.3, -0.25) is 0 Å². The molecule has 0 spiro atoms. The van der Waals surface area contributed by atoms with E-state index in [9.17, 15) is 0 Å². The van der Waals surface area contributed by atoms with Gasteiger partial charge in [0.15, 0.2) is 0 Å². The van der Waals surface area contributed by atoms with E-state index >= 15 is 0 Å². The van der Waals surface area contributed by atoms with Gasteiger partial charge in [0.2, 0.25) is 0 Å². The van der Waals surface area contributed by atoms with Crippen molar-refractivity contribution in [3.63, 3.8) is 0 Å². The molecule has 0 aromatic carbocycles. The predicted molar refractivity (Wildman–Crippen MR) is 29.7 cm³/mol. The van der Waals surface area contributed by atoms with Crippen molar-refractivity contribution in [3.8, 4) is 0 Å². The molecule has 3 saturated heterocycles. The monoisotopic (exact) mass is 224 g/mol. The first-order chi connectivity index (χ1) is 3.88. The van der Waals surface area contributed by atoms with Gasteiger partial charge in [-0.05, 0) is 0 Å². The number of nitrogens with zero attached hydrogens (tertiary/aromatic N) is 1. The Bertz CT molecular complexity index is 90.7.